The van der Waals surface area contributed by atoms with Crippen LogP contribution < -0.4 is 11.2 Å². The summed E-state index contributed by atoms with van der Waals surface area (Å²) < 4.78 is 47.8. The summed E-state index contributed by atoms with van der Waals surface area (Å²) in [5.74, 6) is 0. The van der Waals surface area contributed by atoms with E-state index in [0.717, 1.165) is 4.57 Å². The van der Waals surface area contributed by atoms with Crippen LogP contribution in [0.2, 0.25) is 0 Å². The van der Waals surface area contributed by atoms with E-state index in [2.05, 4.69) is 4.98 Å². The van der Waals surface area contributed by atoms with E-state index in [4.69, 9.17) is 8.22 Å². The molecule has 0 radical (unpaired) electrons. The van der Waals surface area contributed by atoms with Crippen LogP contribution in [0, 0.1) is 0 Å². The van der Waals surface area contributed by atoms with Gasteiger partial charge in [0.25, 0.3) is 5.56 Å². The van der Waals surface area contributed by atoms with Gasteiger partial charge < -0.3 is 9.67 Å². The highest BCUT2D eigenvalue weighted by Gasteiger charge is 2.14. The predicted molar refractivity (Wildman–Crippen MR) is 75.7 cm³/mol. The standard InChI is InChI=1S/C13H20N4O3/c1-9(18)6-4-5-7-17-12(19)10-11(14-8-15(10)2)16(3)13(17)20/h8-9,18H,4-7H2,1-3H3/i1D3,6D2,9D. The third kappa shape index (κ3) is 2.53. The van der Waals surface area contributed by atoms with E-state index in [1.165, 1.54) is 22.5 Å². The Kier molecular flexibility index (Phi) is 2.36. The number of nitrogens with zero attached hydrogens (tertiary/aromatic N) is 4. The number of aryl methyl sites for hydroxylation is 2. The minimum atomic E-state index is -3.30. The van der Waals surface area contributed by atoms with E-state index in [0.29, 0.717) is 0 Å². The fourth-order valence-electron chi connectivity index (χ4n) is 2.04. The molecule has 1 N–H and O–H groups in total. The topological polar surface area (TPSA) is 82.1 Å². The van der Waals surface area contributed by atoms with Crippen LogP contribution in [0.3, 0.4) is 0 Å². The number of fused-ring (bicyclic) bond motifs is 1. The molecule has 0 aliphatic rings. The van der Waals surface area contributed by atoms with Crippen LogP contribution in [0.5, 0.6) is 0 Å². The van der Waals surface area contributed by atoms with Crippen LogP contribution in [-0.2, 0) is 20.6 Å². The van der Waals surface area contributed by atoms with E-state index >= 15 is 0 Å². The monoisotopic (exact) mass is 286 g/mol. The Bertz CT molecular complexity index is 940. The third-order valence-electron chi connectivity index (χ3n) is 3.05. The van der Waals surface area contributed by atoms with Gasteiger partial charge in [-0.2, -0.15) is 0 Å². The summed E-state index contributed by atoms with van der Waals surface area (Å²) in [6.45, 7) is -3.43. The Morgan fingerprint density at radius 3 is 2.95 bits per heavy atom. The number of hydrogen-bond acceptors (Lipinski definition) is 4. The van der Waals surface area contributed by atoms with Gasteiger partial charge in [0, 0.05) is 27.5 Å². The number of rotatable bonds is 5. The first-order valence-corrected chi connectivity index (χ1v) is 6.05. The van der Waals surface area contributed by atoms with Crippen molar-refractivity contribution in [2.45, 2.75) is 38.7 Å². The highest BCUT2D eigenvalue weighted by Crippen LogP contribution is 2.04. The molecule has 2 rings (SSSR count). The van der Waals surface area contributed by atoms with Gasteiger partial charge in [-0.3, -0.25) is 13.9 Å². The minimum absolute atomic E-state index is 0.122. The molecule has 20 heavy (non-hydrogen) atoms. The fraction of sp³-hybridized carbons (Fsp3) is 0.615. The van der Waals surface area contributed by atoms with Crippen molar-refractivity contribution in [3.8, 4) is 0 Å². The van der Waals surface area contributed by atoms with Gasteiger partial charge in [-0.05, 0) is 26.1 Å². The van der Waals surface area contributed by atoms with Crippen LogP contribution in [0.1, 0.15) is 34.3 Å². The maximum atomic E-state index is 12.5. The van der Waals surface area contributed by atoms with Gasteiger partial charge in [-0.25, -0.2) is 9.78 Å². The van der Waals surface area contributed by atoms with Gasteiger partial charge in [-0.1, -0.05) is 0 Å². The first-order valence-electron chi connectivity index (χ1n) is 9.05. The molecule has 0 amide bonds. The summed E-state index contributed by atoms with van der Waals surface area (Å²) in [6.07, 6.45) is -5.32. The molecule has 0 aliphatic heterocycles. The second kappa shape index (κ2) is 5.62. The lowest BCUT2D eigenvalue weighted by molar-refractivity contribution is 0.180. The van der Waals surface area contributed by atoms with Crippen molar-refractivity contribution in [1.82, 2.24) is 18.7 Å². The molecule has 2 heterocycles. The molecule has 0 aromatic carbocycles. The second-order valence-corrected chi connectivity index (χ2v) is 4.46. The normalized spacial score (nSPS) is 20.4. The summed E-state index contributed by atoms with van der Waals surface area (Å²) in [5.41, 5.74) is -0.814. The van der Waals surface area contributed by atoms with Gasteiger partial charge in [0.05, 0.1) is 13.8 Å². The molecular weight excluding hydrogens is 260 g/mol. The molecule has 2 aromatic heterocycles. The van der Waals surface area contributed by atoms with E-state index in [-0.39, 0.29) is 24.1 Å². The predicted octanol–water partition coefficient (Wildman–Crippen LogP) is -0.0152. The summed E-state index contributed by atoms with van der Waals surface area (Å²) in [6, 6.07) is 0. The molecule has 0 bridgehead atoms. The van der Waals surface area contributed by atoms with E-state index in [1.807, 2.05) is 0 Å². The molecule has 0 spiro atoms. The van der Waals surface area contributed by atoms with Crippen LogP contribution in [0.4, 0.5) is 0 Å². The molecule has 0 saturated carbocycles. The molecule has 0 saturated heterocycles. The van der Waals surface area contributed by atoms with Gasteiger partial charge in [0.2, 0.25) is 0 Å². The lowest BCUT2D eigenvalue weighted by Gasteiger charge is -2.09. The maximum Gasteiger partial charge on any atom is 0.332 e. The Hall–Kier alpha value is -1.89. The van der Waals surface area contributed by atoms with E-state index < -0.39 is 37.0 Å². The van der Waals surface area contributed by atoms with Gasteiger partial charge >= 0.3 is 5.69 Å². The molecule has 1 atom stereocenters. The Morgan fingerprint density at radius 1 is 1.50 bits per heavy atom. The highest BCUT2D eigenvalue weighted by atomic mass is 16.3. The van der Waals surface area contributed by atoms with Crippen LogP contribution in [0.15, 0.2) is 15.9 Å². The van der Waals surface area contributed by atoms with Crippen LogP contribution in [-0.4, -0.2) is 29.9 Å². The zero-order valence-electron chi connectivity index (χ0n) is 17.3. The van der Waals surface area contributed by atoms with Crippen molar-refractivity contribution < 1.29 is 13.3 Å². The fourth-order valence-corrected chi connectivity index (χ4v) is 2.04. The molecule has 1 unspecified atom stereocenters. The lowest BCUT2D eigenvalue weighted by atomic mass is 10.2. The molecule has 7 heteroatoms. The summed E-state index contributed by atoms with van der Waals surface area (Å²) in [7, 11) is 3.05. The van der Waals surface area contributed by atoms with Crippen molar-refractivity contribution in [2.75, 3.05) is 0 Å². The first-order chi connectivity index (χ1) is 11.7. The summed E-state index contributed by atoms with van der Waals surface area (Å²) in [4.78, 5) is 28.8. The van der Waals surface area contributed by atoms with Crippen molar-refractivity contribution >= 4 is 11.2 Å². The molecule has 7 nitrogen and oxygen atoms in total. The van der Waals surface area contributed by atoms with Crippen molar-refractivity contribution in [3.05, 3.63) is 27.2 Å². The largest absolute Gasteiger partial charge is 0.393 e. The van der Waals surface area contributed by atoms with E-state index in [1.54, 1.807) is 7.05 Å². The van der Waals surface area contributed by atoms with Crippen molar-refractivity contribution in [1.29, 1.82) is 0 Å². The Labute approximate surface area is 124 Å². The quantitative estimate of drug-likeness (QED) is 0.838. The zero-order chi connectivity index (χ0) is 20.1. The summed E-state index contributed by atoms with van der Waals surface area (Å²) >= 11 is 0. The first kappa shape index (κ1) is 8.41. The number of hydrogen-bond donors (Lipinski definition) is 1. The second-order valence-electron chi connectivity index (χ2n) is 4.46. The Balaban J connectivity index is 2.30. The van der Waals surface area contributed by atoms with Gasteiger partial charge in [0.1, 0.15) is 0 Å². The SMILES string of the molecule is [2H]C([2H])([2H])C([2H])(O)C([2H])([2H])CCCn1c(=O)c2c(ncn2C)n(C)c1=O. The highest BCUT2D eigenvalue weighted by molar-refractivity contribution is 5.69. The molecular formula is C13H20N4O3. The van der Waals surface area contributed by atoms with Crippen LogP contribution >= 0.6 is 0 Å². The minimum Gasteiger partial charge on any atom is -0.393 e. The van der Waals surface area contributed by atoms with Crippen molar-refractivity contribution in [2.24, 2.45) is 14.1 Å². The van der Waals surface area contributed by atoms with Gasteiger partial charge in [-0.15, -0.1) is 0 Å². The maximum absolute atomic E-state index is 12.5. The third-order valence-corrected chi connectivity index (χ3v) is 3.05. The Morgan fingerprint density at radius 2 is 2.25 bits per heavy atom. The average molecular weight is 286 g/mol. The van der Waals surface area contributed by atoms with E-state index in [9.17, 15) is 14.7 Å². The zero-order valence-corrected chi connectivity index (χ0v) is 11.3. The molecule has 2 aromatic rings. The van der Waals surface area contributed by atoms with Gasteiger partial charge in [0.15, 0.2) is 11.2 Å². The average Bonchev–Trinajstić information content (AvgIpc) is 2.89. The number of imidazole rings is 1. The summed E-state index contributed by atoms with van der Waals surface area (Å²) in [5, 5.41) is 9.76. The number of aromatic nitrogens is 4. The smallest absolute Gasteiger partial charge is 0.332 e. The lowest BCUT2D eigenvalue weighted by Crippen LogP contribution is -2.39. The molecule has 0 aliphatic carbocycles. The molecule has 110 valence electrons. The number of aliphatic hydroxyl groups is 1. The molecule has 0 fully saturated rings. The van der Waals surface area contributed by atoms with Crippen LogP contribution in [0.25, 0.3) is 11.2 Å². The van der Waals surface area contributed by atoms with Crippen molar-refractivity contribution in [3.63, 3.8) is 0 Å².